The van der Waals surface area contributed by atoms with Crippen LogP contribution in [0.1, 0.15) is 12.5 Å². The summed E-state index contributed by atoms with van der Waals surface area (Å²) in [6.07, 6.45) is 0. The lowest BCUT2D eigenvalue weighted by atomic mass is 10.0. The smallest absolute Gasteiger partial charge is 0.248 e. The molecule has 0 aromatic heterocycles. The minimum atomic E-state index is -0.199. The molecular weight excluding hydrogens is 272 g/mol. The maximum atomic E-state index is 12.1. The van der Waals surface area contributed by atoms with Gasteiger partial charge in [0.25, 0.3) is 0 Å². The monoisotopic (exact) mass is 292 g/mol. The topological polar surface area (TPSA) is 60.0 Å². The fraction of sp³-hybridized carbons (Fsp3) is 0.533. The van der Waals surface area contributed by atoms with Crippen molar-refractivity contribution in [2.45, 2.75) is 19.1 Å². The van der Waals surface area contributed by atoms with Crippen LogP contribution in [0.3, 0.4) is 0 Å². The molecule has 1 aromatic rings. The maximum absolute atomic E-state index is 12.1. The number of amides is 1. The number of hydrogen-bond donors (Lipinski definition) is 1. The van der Waals surface area contributed by atoms with Gasteiger partial charge in [-0.3, -0.25) is 4.79 Å². The first kappa shape index (κ1) is 14.2. The standard InChI is InChI=1S/C15H20N2O4/c1-15(8-16-9-15)21-7-14(18)17(2)6-11-3-4-12-13(5-11)20-10-19-12/h3-5,16H,6-10H2,1-2H3. The summed E-state index contributed by atoms with van der Waals surface area (Å²) in [7, 11) is 1.78. The van der Waals surface area contributed by atoms with Gasteiger partial charge in [0, 0.05) is 26.7 Å². The van der Waals surface area contributed by atoms with Gasteiger partial charge < -0.3 is 24.4 Å². The van der Waals surface area contributed by atoms with E-state index in [1.165, 1.54) is 0 Å². The van der Waals surface area contributed by atoms with Crippen LogP contribution in [-0.2, 0) is 16.1 Å². The second-order valence-electron chi connectivity index (χ2n) is 5.78. The molecule has 2 aliphatic heterocycles. The Labute approximate surface area is 124 Å². The molecule has 0 spiro atoms. The minimum Gasteiger partial charge on any atom is -0.454 e. The molecule has 6 heteroatoms. The first-order chi connectivity index (χ1) is 10.1. The van der Waals surface area contributed by atoms with Crippen molar-refractivity contribution in [2.75, 3.05) is 33.5 Å². The predicted molar refractivity (Wildman–Crippen MR) is 76.3 cm³/mol. The highest BCUT2D eigenvalue weighted by molar-refractivity contribution is 5.77. The van der Waals surface area contributed by atoms with Gasteiger partial charge in [-0.25, -0.2) is 0 Å². The van der Waals surface area contributed by atoms with E-state index in [1.54, 1.807) is 11.9 Å². The van der Waals surface area contributed by atoms with Crippen LogP contribution in [0.4, 0.5) is 0 Å². The molecule has 0 radical (unpaired) electrons. The Balaban J connectivity index is 1.53. The van der Waals surface area contributed by atoms with Gasteiger partial charge in [-0.15, -0.1) is 0 Å². The van der Waals surface area contributed by atoms with Crippen LogP contribution in [0.25, 0.3) is 0 Å². The summed E-state index contributed by atoms with van der Waals surface area (Å²) in [5, 5.41) is 3.14. The molecule has 2 aliphatic rings. The molecule has 1 saturated heterocycles. The average Bonchev–Trinajstić information content (AvgIpc) is 2.90. The van der Waals surface area contributed by atoms with E-state index in [-0.39, 0.29) is 24.9 Å². The molecule has 0 atom stereocenters. The lowest BCUT2D eigenvalue weighted by Gasteiger charge is -2.39. The van der Waals surface area contributed by atoms with E-state index in [9.17, 15) is 4.79 Å². The lowest BCUT2D eigenvalue weighted by molar-refractivity contribution is -0.145. The largest absolute Gasteiger partial charge is 0.454 e. The van der Waals surface area contributed by atoms with Crippen LogP contribution in [0.2, 0.25) is 0 Å². The quantitative estimate of drug-likeness (QED) is 0.868. The number of carbonyl (C=O) groups is 1. The molecule has 1 aromatic carbocycles. The molecule has 114 valence electrons. The second-order valence-corrected chi connectivity index (χ2v) is 5.78. The van der Waals surface area contributed by atoms with E-state index in [0.29, 0.717) is 6.54 Å². The number of benzene rings is 1. The van der Waals surface area contributed by atoms with Gasteiger partial charge in [-0.05, 0) is 24.6 Å². The van der Waals surface area contributed by atoms with Crippen molar-refractivity contribution in [1.29, 1.82) is 0 Å². The van der Waals surface area contributed by atoms with Gasteiger partial charge in [-0.1, -0.05) is 6.07 Å². The first-order valence-electron chi connectivity index (χ1n) is 7.03. The number of fused-ring (bicyclic) bond motifs is 1. The number of nitrogens with one attached hydrogen (secondary N) is 1. The van der Waals surface area contributed by atoms with Crippen molar-refractivity contribution in [3.05, 3.63) is 23.8 Å². The third-order valence-corrected chi connectivity index (χ3v) is 3.82. The Bertz CT molecular complexity index is 542. The number of hydrogen-bond acceptors (Lipinski definition) is 5. The van der Waals surface area contributed by atoms with Crippen molar-refractivity contribution in [3.8, 4) is 11.5 Å². The fourth-order valence-electron chi connectivity index (χ4n) is 2.33. The van der Waals surface area contributed by atoms with E-state index in [1.807, 2.05) is 25.1 Å². The Morgan fingerprint density at radius 2 is 2.14 bits per heavy atom. The summed E-state index contributed by atoms with van der Waals surface area (Å²) in [5.74, 6) is 1.46. The SMILES string of the molecule is CN(Cc1ccc2c(c1)OCO2)C(=O)COC1(C)CNC1. The molecule has 1 N–H and O–H groups in total. The number of ether oxygens (including phenoxy) is 3. The third-order valence-electron chi connectivity index (χ3n) is 3.82. The van der Waals surface area contributed by atoms with E-state index >= 15 is 0 Å². The molecule has 0 saturated carbocycles. The zero-order valence-electron chi connectivity index (χ0n) is 12.3. The molecule has 3 rings (SSSR count). The number of likely N-dealkylation sites (N-methyl/N-ethyl adjacent to an activating group) is 1. The van der Waals surface area contributed by atoms with Crippen LogP contribution in [-0.4, -0.2) is 49.9 Å². The van der Waals surface area contributed by atoms with Gasteiger partial charge in [-0.2, -0.15) is 0 Å². The van der Waals surface area contributed by atoms with Crippen molar-refractivity contribution in [2.24, 2.45) is 0 Å². The Morgan fingerprint density at radius 3 is 2.86 bits per heavy atom. The van der Waals surface area contributed by atoms with E-state index in [0.717, 1.165) is 30.2 Å². The van der Waals surface area contributed by atoms with Crippen LogP contribution >= 0.6 is 0 Å². The Hall–Kier alpha value is -1.79. The highest BCUT2D eigenvalue weighted by Gasteiger charge is 2.33. The van der Waals surface area contributed by atoms with Crippen molar-refractivity contribution < 1.29 is 19.0 Å². The van der Waals surface area contributed by atoms with Crippen molar-refractivity contribution in [1.82, 2.24) is 10.2 Å². The van der Waals surface area contributed by atoms with E-state index in [4.69, 9.17) is 14.2 Å². The molecule has 0 aliphatic carbocycles. The highest BCUT2D eigenvalue weighted by atomic mass is 16.7. The van der Waals surface area contributed by atoms with Crippen LogP contribution in [0, 0.1) is 0 Å². The van der Waals surface area contributed by atoms with E-state index < -0.39 is 0 Å². The molecule has 0 bridgehead atoms. The summed E-state index contributed by atoms with van der Waals surface area (Å²) in [4.78, 5) is 13.8. The van der Waals surface area contributed by atoms with Gasteiger partial charge >= 0.3 is 0 Å². The van der Waals surface area contributed by atoms with Crippen LogP contribution in [0.5, 0.6) is 11.5 Å². The van der Waals surface area contributed by atoms with Gasteiger partial charge in [0.15, 0.2) is 11.5 Å². The summed E-state index contributed by atoms with van der Waals surface area (Å²) in [6, 6.07) is 5.72. The summed E-state index contributed by atoms with van der Waals surface area (Å²) in [6.45, 7) is 4.49. The zero-order chi connectivity index (χ0) is 14.9. The van der Waals surface area contributed by atoms with Crippen molar-refractivity contribution >= 4 is 5.91 Å². The number of rotatable bonds is 5. The zero-order valence-corrected chi connectivity index (χ0v) is 12.3. The number of nitrogens with zero attached hydrogens (tertiary/aromatic N) is 1. The molecule has 1 amide bonds. The maximum Gasteiger partial charge on any atom is 0.248 e. The molecule has 1 fully saturated rings. The number of carbonyl (C=O) groups excluding carboxylic acids is 1. The molecular formula is C15H20N2O4. The molecule has 6 nitrogen and oxygen atoms in total. The fourth-order valence-corrected chi connectivity index (χ4v) is 2.33. The minimum absolute atomic E-state index is 0.0270. The summed E-state index contributed by atoms with van der Waals surface area (Å²) >= 11 is 0. The van der Waals surface area contributed by atoms with Crippen molar-refractivity contribution in [3.63, 3.8) is 0 Å². The van der Waals surface area contributed by atoms with E-state index in [2.05, 4.69) is 5.32 Å². The predicted octanol–water partition coefficient (Wildman–Crippen LogP) is 0.752. The highest BCUT2D eigenvalue weighted by Crippen LogP contribution is 2.32. The first-order valence-corrected chi connectivity index (χ1v) is 7.03. The summed E-state index contributed by atoms with van der Waals surface area (Å²) < 4.78 is 16.3. The van der Waals surface area contributed by atoms with Crippen LogP contribution in [0.15, 0.2) is 18.2 Å². The van der Waals surface area contributed by atoms with Gasteiger partial charge in [0.1, 0.15) is 6.61 Å². The Morgan fingerprint density at radius 1 is 1.38 bits per heavy atom. The second kappa shape index (κ2) is 5.54. The lowest BCUT2D eigenvalue weighted by Crippen LogP contribution is -2.59. The van der Waals surface area contributed by atoms with Gasteiger partial charge in [0.05, 0.1) is 5.60 Å². The third kappa shape index (κ3) is 3.11. The molecule has 21 heavy (non-hydrogen) atoms. The Kier molecular flexibility index (Phi) is 3.73. The average molecular weight is 292 g/mol. The summed E-state index contributed by atoms with van der Waals surface area (Å²) in [5.41, 5.74) is 0.807. The normalized spacial score (nSPS) is 18.2. The van der Waals surface area contributed by atoms with Crippen LogP contribution < -0.4 is 14.8 Å². The molecule has 0 unspecified atom stereocenters. The van der Waals surface area contributed by atoms with Gasteiger partial charge in [0.2, 0.25) is 12.7 Å². The molecule has 2 heterocycles.